The van der Waals surface area contributed by atoms with E-state index < -0.39 is 72.3 Å². The van der Waals surface area contributed by atoms with Gasteiger partial charge in [0.05, 0.1) is 32.3 Å². The molecule has 2 saturated heterocycles. The molecule has 0 amide bonds. The van der Waals surface area contributed by atoms with Crippen molar-refractivity contribution in [1.29, 1.82) is 0 Å². The van der Waals surface area contributed by atoms with Crippen molar-refractivity contribution in [2.24, 2.45) is 16.7 Å². The Balaban J connectivity index is 1.59. The molecule has 2 aliphatic heterocycles. The molecule has 0 saturated carbocycles. The van der Waals surface area contributed by atoms with Crippen LogP contribution >= 0.6 is 0 Å². The summed E-state index contributed by atoms with van der Waals surface area (Å²) in [6.07, 6.45) is -0.890. The number of aliphatic hydroxyl groups excluding tert-OH is 4. The van der Waals surface area contributed by atoms with Gasteiger partial charge < -0.3 is 43.8 Å². The fourth-order valence-electron chi connectivity index (χ4n) is 6.87. The van der Waals surface area contributed by atoms with Gasteiger partial charge in [0.2, 0.25) is 0 Å². The van der Waals surface area contributed by atoms with Gasteiger partial charge in [-0.05, 0) is 37.3 Å². The molecule has 5 rings (SSSR count). The van der Waals surface area contributed by atoms with Gasteiger partial charge in [-0.2, -0.15) is 0 Å². The number of ether oxygens (including phenoxy) is 4. The highest BCUT2D eigenvalue weighted by Gasteiger charge is 2.63. The van der Waals surface area contributed by atoms with Gasteiger partial charge in [0.25, 0.3) is 0 Å². The second-order valence-electron chi connectivity index (χ2n) is 10.9. The summed E-state index contributed by atoms with van der Waals surface area (Å²) < 4.78 is 28.0. The molecule has 0 radical (unpaired) electrons. The number of cyclic esters (lactones) is 1. The molecular weight excluding hydrogens is 500 g/mol. The number of hydrogen-bond acceptors (Lipinski definition) is 11. The van der Waals surface area contributed by atoms with Crippen LogP contribution < -0.4 is 0 Å². The highest BCUT2D eigenvalue weighted by Crippen LogP contribution is 2.63. The Hall–Kier alpha value is -2.54. The molecular formula is C27H34O11. The second kappa shape index (κ2) is 9.89. The van der Waals surface area contributed by atoms with E-state index in [4.69, 9.17) is 23.4 Å². The van der Waals surface area contributed by atoms with Crippen molar-refractivity contribution in [3.63, 3.8) is 0 Å². The predicted molar refractivity (Wildman–Crippen MR) is 128 cm³/mol. The van der Waals surface area contributed by atoms with Crippen LogP contribution in [0.5, 0.6) is 0 Å². The van der Waals surface area contributed by atoms with E-state index in [0.29, 0.717) is 30.4 Å². The highest BCUT2D eigenvalue weighted by atomic mass is 16.7. The average Bonchev–Trinajstić information content (AvgIpc) is 3.44. The van der Waals surface area contributed by atoms with Crippen LogP contribution in [0.1, 0.15) is 44.8 Å². The SMILES string of the molecule is COC(=O)C1=CCC[C@@H]2[C@@]1(C)[C@@H](O[C@@H]1O[C@H](CO)[C@@H](O)[C@H](O)[C@H]1O)C=C1C(=O)OC(c3ccoc3)C[C@]12C. The lowest BCUT2D eigenvalue weighted by atomic mass is 9.48. The van der Waals surface area contributed by atoms with Gasteiger partial charge in [0.1, 0.15) is 30.5 Å². The first-order chi connectivity index (χ1) is 18.1. The third-order valence-electron chi connectivity index (χ3n) is 8.93. The molecule has 2 fully saturated rings. The summed E-state index contributed by atoms with van der Waals surface area (Å²) in [7, 11) is 1.29. The standard InChI is InChI=1S/C27H34O11/c1-26-10-16(13-7-8-35-12-13)36-24(33)15(26)9-19(27(2)14(23(32)34-3)5-4-6-18(26)27)38-25-22(31)21(30)20(29)17(11-28)37-25/h5,7-9,12,16-22,25,28-31H,4,6,10-11H2,1-3H3/t16?,17-,18+,19+,20-,21+,22-,25+,26-,27+/m1/s1. The maximum atomic E-state index is 13.4. The Labute approximate surface area is 219 Å². The first-order valence-corrected chi connectivity index (χ1v) is 12.8. The van der Waals surface area contributed by atoms with Gasteiger partial charge in [-0.15, -0.1) is 0 Å². The molecule has 4 aliphatic rings. The molecule has 3 heterocycles. The Kier molecular flexibility index (Phi) is 7.04. The highest BCUT2D eigenvalue weighted by molar-refractivity contribution is 5.94. The van der Waals surface area contributed by atoms with E-state index in [1.54, 1.807) is 18.4 Å². The van der Waals surface area contributed by atoms with E-state index in [-0.39, 0.29) is 5.92 Å². The summed E-state index contributed by atoms with van der Waals surface area (Å²) in [4.78, 5) is 26.5. The Morgan fingerprint density at radius 1 is 1.18 bits per heavy atom. The Bertz CT molecular complexity index is 1120. The van der Waals surface area contributed by atoms with Crippen LogP contribution in [0.2, 0.25) is 0 Å². The number of allylic oxidation sites excluding steroid dienone is 1. The molecule has 1 aromatic heterocycles. The van der Waals surface area contributed by atoms with Gasteiger partial charge in [-0.1, -0.05) is 19.9 Å². The number of fused-ring (bicyclic) bond motifs is 3. The van der Waals surface area contributed by atoms with E-state index in [0.717, 1.165) is 5.56 Å². The van der Waals surface area contributed by atoms with Crippen molar-refractivity contribution in [3.8, 4) is 0 Å². The van der Waals surface area contributed by atoms with Crippen molar-refractivity contribution in [2.45, 2.75) is 76.0 Å². The third kappa shape index (κ3) is 4.04. The minimum atomic E-state index is -1.65. The normalized spacial score (nSPS) is 42.8. The number of aliphatic hydroxyl groups is 4. The summed E-state index contributed by atoms with van der Waals surface area (Å²) in [6, 6.07) is 1.75. The predicted octanol–water partition coefficient (Wildman–Crippen LogP) is 0.915. The summed E-state index contributed by atoms with van der Waals surface area (Å²) in [6.45, 7) is 3.22. The maximum absolute atomic E-state index is 13.4. The molecule has 38 heavy (non-hydrogen) atoms. The lowest BCUT2D eigenvalue weighted by Crippen LogP contribution is -2.62. The minimum Gasteiger partial charge on any atom is -0.472 e. The number of carbonyl (C=O) groups excluding carboxylic acids is 2. The van der Waals surface area contributed by atoms with Gasteiger partial charge in [0, 0.05) is 27.5 Å². The van der Waals surface area contributed by atoms with Crippen LogP contribution in [0.4, 0.5) is 0 Å². The smallest absolute Gasteiger partial charge is 0.334 e. The molecule has 4 N–H and O–H groups in total. The Morgan fingerprint density at radius 3 is 2.61 bits per heavy atom. The maximum Gasteiger partial charge on any atom is 0.334 e. The van der Waals surface area contributed by atoms with E-state index in [9.17, 15) is 30.0 Å². The fourth-order valence-corrected chi connectivity index (χ4v) is 6.87. The molecule has 1 unspecified atom stereocenters. The molecule has 11 heteroatoms. The molecule has 0 bridgehead atoms. The topological polar surface area (TPSA) is 165 Å². The molecule has 0 spiro atoms. The van der Waals surface area contributed by atoms with Crippen molar-refractivity contribution in [3.05, 3.63) is 47.5 Å². The second-order valence-corrected chi connectivity index (χ2v) is 10.9. The molecule has 0 aromatic carbocycles. The number of carbonyl (C=O) groups is 2. The number of methoxy groups -OCH3 is 1. The van der Waals surface area contributed by atoms with Gasteiger partial charge >= 0.3 is 11.9 Å². The van der Waals surface area contributed by atoms with E-state index in [1.165, 1.54) is 13.4 Å². The zero-order valence-electron chi connectivity index (χ0n) is 21.5. The fraction of sp³-hybridized carbons (Fsp3) is 0.630. The largest absolute Gasteiger partial charge is 0.472 e. The summed E-state index contributed by atoms with van der Waals surface area (Å²) in [5.74, 6) is -1.35. The van der Waals surface area contributed by atoms with Crippen molar-refractivity contribution in [2.75, 3.05) is 13.7 Å². The number of hydrogen-bond donors (Lipinski definition) is 4. The molecule has 1 aromatic rings. The lowest BCUT2D eigenvalue weighted by Gasteiger charge is -2.58. The van der Waals surface area contributed by atoms with E-state index in [1.807, 2.05) is 19.9 Å². The molecule has 11 nitrogen and oxygen atoms in total. The summed E-state index contributed by atoms with van der Waals surface area (Å²) in [5, 5.41) is 40.8. The van der Waals surface area contributed by atoms with Crippen LogP contribution in [0.25, 0.3) is 0 Å². The summed E-state index contributed by atoms with van der Waals surface area (Å²) in [5.41, 5.74) is -0.239. The van der Waals surface area contributed by atoms with E-state index >= 15 is 0 Å². The van der Waals surface area contributed by atoms with Gasteiger partial charge in [0.15, 0.2) is 6.29 Å². The average molecular weight is 535 g/mol. The minimum absolute atomic E-state index is 0.286. The van der Waals surface area contributed by atoms with Crippen molar-refractivity contribution < 1.29 is 53.4 Å². The van der Waals surface area contributed by atoms with Crippen molar-refractivity contribution in [1.82, 2.24) is 0 Å². The van der Waals surface area contributed by atoms with E-state index in [2.05, 4.69) is 0 Å². The number of esters is 2. The van der Waals surface area contributed by atoms with Gasteiger partial charge in [-0.3, -0.25) is 0 Å². The first-order valence-electron chi connectivity index (χ1n) is 12.8. The monoisotopic (exact) mass is 534 g/mol. The quantitative estimate of drug-likeness (QED) is 0.397. The first kappa shape index (κ1) is 27.0. The van der Waals surface area contributed by atoms with Crippen LogP contribution in [-0.4, -0.2) is 82.9 Å². The van der Waals surface area contributed by atoms with Crippen LogP contribution in [-0.2, 0) is 28.5 Å². The summed E-state index contributed by atoms with van der Waals surface area (Å²) >= 11 is 0. The molecule has 10 atom stereocenters. The zero-order chi connectivity index (χ0) is 27.4. The van der Waals surface area contributed by atoms with Gasteiger partial charge in [-0.25, -0.2) is 9.59 Å². The Morgan fingerprint density at radius 2 is 1.95 bits per heavy atom. The number of rotatable bonds is 5. The molecule has 208 valence electrons. The third-order valence-corrected chi connectivity index (χ3v) is 8.93. The number of furan rings is 1. The van der Waals surface area contributed by atoms with Crippen LogP contribution in [0.15, 0.2) is 46.3 Å². The van der Waals surface area contributed by atoms with Crippen LogP contribution in [0.3, 0.4) is 0 Å². The van der Waals surface area contributed by atoms with Crippen LogP contribution in [0, 0.1) is 16.7 Å². The van der Waals surface area contributed by atoms with Crippen molar-refractivity contribution >= 4 is 11.9 Å². The molecule has 2 aliphatic carbocycles. The lowest BCUT2D eigenvalue weighted by molar-refractivity contribution is -0.317. The zero-order valence-corrected chi connectivity index (χ0v) is 21.5.